The molecule has 0 N–H and O–H groups in total. The Hall–Kier alpha value is -3.26. The average Bonchev–Trinajstić information content (AvgIpc) is 3.28. The van der Waals surface area contributed by atoms with Gasteiger partial charge in [-0.05, 0) is 43.3 Å². The first kappa shape index (κ1) is 19.5. The molecule has 3 rings (SSSR count). The number of carbonyl (C=O) groups excluding carboxylic acids is 2. The number of thiophene rings is 1. The van der Waals surface area contributed by atoms with Gasteiger partial charge in [-0.3, -0.25) is 4.79 Å². The maximum atomic E-state index is 13.0. The molecule has 0 fully saturated rings. The molecule has 0 spiro atoms. The van der Waals surface area contributed by atoms with Crippen molar-refractivity contribution in [2.45, 2.75) is 6.92 Å². The van der Waals surface area contributed by atoms with Crippen LogP contribution in [0.1, 0.15) is 11.8 Å². The first-order chi connectivity index (χ1) is 13.4. The topological polar surface area (TPSA) is 75.1 Å². The number of hydrogen-bond acceptors (Lipinski definition) is 7. The Morgan fingerprint density at radius 1 is 1.25 bits per heavy atom. The van der Waals surface area contributed by atoms with Crippen LogP contribution in [0.15, 0.2) is 58.9 Å². The summed E-state index contributed by atoms with van der Waals surface area (Å²) in [5.74, 6) is -0.619. The molecule has 2 aromatic rings. The Labute approximate surface area is 167 Å². The van der Waals surface area contributed by atoms with E-state index in [-0.39, 0.29) is 11.1 Å². The van der Waals surface area contributed by atoms with Gasteiger partial charge in [-0.1, -0.05) is 6.07 Å². The van der Waals surface area contributed by atoms with Crippen LogP contribution in [0.4, 0.5) is 10.8 Å². The van der Waals surface area contributed by atoms with Gasteiger partial charge in [-0.25, -0.2) is 9.78 Å². The minimum atomic E-state index is -0.596. The van der Waals surface area contributed by atoms with Crippen molar-refractivity contribution in [3.05, 3.63) is 58.6 Å². The third-order valence-corrected chi connectivity index (χ3v) is 5.24. The van der Waals surface area contributed by atoms with Crippen molar-refractivity contribution in [2.24, 2.45) is 5.10 Å². The quantitative estimate of drug-likeness (QED) is 0.573. The molecule has 0 aliphatic carbocycles. The van der Waals surface area contributed by atoms with Crippen LogP contribution >= 0.6 is 11.3 Å². The van der Waals surface area contributed by atoms with E-state index in [1.165, 1.54) is 12.1 Å². The number of rotatable bonds is 5. The second-order valence-corrected chi connectivity index (χ2v) is 7.27. The zero-order valence-corrected chi connectivity index (χ0v) is 16.9. The van der Waals surface area contributed by atoms with Gasteiger partial charge in [0.25, 0.3) is 5.91 Å². The SMILES string of the molecule is COC(=O)/C(C=Cc1ccc(N(C)C)s1)=C1\C(=O)N(c2ccccn2)N=C1C. The minimum absolute atomic E-state index is 0.159. The smallest absolute Gasteiger partial charge is 0.338 e. The summed E-state index contributed by atoms with van der Waals surface area (Å²) in [6.45, 7) is 1.68. The Balaban J connectivity index is 1.99. The number of nitrogens with zero attached hydrogens (tertiary/aromatic N) is 4. The van der Waals surface area contributed by atoms with Crippen molar-refractivity contribution >= 4 is 45.8 Å². The number of hydrazone groups is 1. The molecule has 1 amide bonds. The van der Waals surface area contributed by atoms with Crippen molar-refractivity contribution in [2.75, 3.05) is 31.1 Å². The van der Waals surface area contributed by atoms with E-state index >= 15 is 0 Å². The normalized spacial score (nSPS) is 15.8. The lowest BCUT2D eigenvalue weighted by molar-refractivity contribution is -0.136. The fourth-order valence-electron chi connectivity index (χ4n) is 2.65. The maximum Gasteiger partial charge on any atom is 0.338 e. The van der Waals surface area contributed by atoms with Crippen molar-refractivity contribution in [3.63, 3.8) is 0 Å². The molecule has 0 unspecified atom stereocenters. The van der Waals surface area contributed by atoms with Crippen molar-refractivity contribution in [3.8, 4) is 0 Å². The van der Waals surface area contributed by atoms with Gasteiger partial charge in [0.05, 0.1) is 29.0 Å². The van der Waals surface area contributed by atoms with Crippen molar-refractivity contribution in [1.82, 2.24) is 4.98 Å². The molecule has 1 aliphatic rings. The van der Waals surface area contributed by atoms with E-state index in [0.717, 1.165) is 9.88 Å². The van der Waals surface area contributed by atoms with Crippen LogP contribution in [0.5, 0.6) is 0 Å². The number of esters is 1. The van der Waals surface area contributed by atoms with Crippen LogP contribution in [-0.4, -0.2) is 43.8 Å². The molecular formula is C20H20N4O3S. The molecule has 1 aliphatic heterocycles. The van der Waals surface area contributed by atoms with E-state index in [1.54, 1.807) is 54.8 Å². The zero-order chi connectivity index (χ0) is 20.3. The van der Waals surface area contributed by atoms with Gasteiger partial charge < -0.3 is 9.64 Å². The van der Waals surface area contributed by atoms with Crippen LogP contribution in [-0.2, 0) is 14.3 Å². The van der Waals surface area contributed by atoms with E-state index < -0.39 is 11.9 Å². The predicted molar refractivity (Wildman–Crippen MR) is 112 cm³/mol. The van der Waals surface area contributed by atoms with E-state index in [0.29, 0.717) is 11.5 Å². The Kier molecular flexibility index (Phi) is 5.70. The number of ether oxygens (including phenoxy) is 1. The van der Waals surface area contributed by atoms with Gasteiger partial charge in [0.1, 0.15) is 0 Å². The first-order valence-corrected chi connectivity index (χ1v) is 9.33. The molecule has 144 valence electrons. The molecule has 2 aromatic heterocycles. The molecule has 0 saturated carbocycles. The van der Waals surface area contributed by atoms with Gasteiger partial charge in [-0.15, -0.1) is 11.3 Å². The van der Waals surface area contributed by atoms with Gasteiger partial charge in [0.15, 0.2) is 5.82 Å². The molecule has 28 heavy (non-hydrogen) atoms. The number of methoxy groups -OCH3 is 1. The van der Waals surface area contributed by atoms with Crippen molar-refractivity contribution in [1.29, 1.82) is 0 Å². The molecule has 0 atom stereocenters. The highest BCUT2D eigenvalue weighted by atomic mass is 32.1. The summed E-state index contributed by atoms with van der Waals surface area (Å²) in [6, 6.07) is 9.14. The van der Waals surface area contributed by atoms with E-state index in [9.17, 15) is 9.59 Å². The molecule has 0 saturated heterocycles. The average molecular weight is 396 g/mol. The predicted octanol–water partition coefficient (Wildman–Crippen LogP) is 3.11. The lowest BCUT2D eigenvalue weighted by atomic mass is 10.0. The number of aromatic nitrogens is 1. The fraction of sp³-hybridized carbons (Fsp3) is 0.200. The van der Waals surface area contributed by atoms with E-state index in [1.807, 2.05) is 31.1 Å². The summed E-state index contributed by atoms with van der Waals surface area (Å²) in [6.07, 6.45) is 4.97. The zero-order valence-electron chi connectivity index (χ0n) is 16.0. The van der Waals surface area contributed by atoms with Crippen LogP contribution in [0.2, 0.25) is 0 Å². The highest BCUT2D eigenvalue weighted by Crippen LogP contribution is 2.28. The summed E-state index contributed by atoms with van der Waals surface area (Å²) < 4.78 is 4.90. The first-order valence-electron chi connectivity index (χ1n) is 8.51. The number of pyridine rings is 1. The number of carbonyl (C=O) groups is 2. The molecule has 7 nitrogen and oxygen atoms in total. The lowest BCUT2D eigenvalue weighted by Gasteiger charge is -2.10. The van der Waals surface area contributed by atoms with Crippen LogP contribution in [0, 0.1) is 0 Å². The summed E-state index contributed by atoms with van der Waals surface area (Å²) >= 11 is 1.57. The fourth-order valence-corrected chi connectivity index (χ4v) is 3.48. The number of anilines is 2. The third kappa shape index (κ3) is 3.86. The summed E-state index contributed by atoms with van der Waals surface area (Å²) in [7, 11) is 5.21. The minimum Gasteiger partial charge on any atom is -0.465 e. The molecule has 8 heteroatoms. The molecule has 0 radical (unpaired) electrons. The van der Waals surface area contributed by atoms with E-state index in [4.69, 9.17) is 4.74 Å². The summed E-state index contributed by atoms with van der Waals surface area (Å²) in [4.78, 5) is 32.5. The standard InChI is InChI=1S/C20H20N4O3S/c1-13-18(19(25)24(22-13)16-7-5-6-12-21-16)15(20(26)27-4)10-8-14-9-11-17(28-14)23(2)3/h5-12H,1-4H3/b10-8?,18-15-. The van der Waals surface area contributed by atoms with Crippen LogP contribution in [0.3, 0.4) is 0 Å². The molecule has 3 heterocycles. The van der Waals surface area contributed by atoms with Gasteiger partial charge in [0.2, 0.25) is 0 Å². The van der Waals surface area contributed by atoms with Gasteiger partial charge >= 0.3 is 5.97 Å². The molecule has 0 bridgehead atoms. The van der Waals surface area contributed by atoms with Gasteiger partial charge in [0, 0.05) is 25.2 Å². The molecule has 0 aromatic carbocycles. The summed E-state index contributed by atoms with van der Waals surface area (Å²) in [5, 5.41) is 6.55. The van der Waals surface area contributed by atoms with Crippen LogP contribution < -0.4 is 9.91 Å². The highest BCUT2D eigenvalue weighted by Gasteiger charge is 2.33. The summed E-state index contributed by atoms with van der Waals surface area (Å²) in [5.41, 5.74) is 0.797. The maximum absolute atomic E-state index is 13.0. The van der Waals surface area contributed by atoms with E-state index in [2.05, 4.69) is 10.1 Å². The Morgan fingerprint density at radius 3 is 2.64 bits per heavy atom. The van der Waals surface area contributed by atoms with Gasteiger partial charge in [-0.2, -0.15) is 10.1 Å². The Bertz CT molecular complexity index is 990. The number of hydrogen-bond donors (Lipinski definition) is 0. The second-order valence-electron chi connectivity index (χ2n) is 6.17. The largest absolute Gasteiger partial charge is 0.465 e. The molecular weight excluding hydrogens is 376 g/mol. The lowest BCUT2D eigenvalue weighted by Crippen LogP contribution is -2.24. The number of amides is 1. The van der Waals surface area contributed by atoms with Crippen molar-refractivity contribution < 1.29 is 14.3 Å². The monoisotopic (exact) mass is 396 g/mol. The second kappa shape index (κ2) is 8.18. The highest BCUT2D eigenvalue weighted by molar-refractivity contribution is 7.16. The Morgan fingerprint density at radius 2 is 2.04 bits per heavy atom. The van der Waals surface area contributed by atoms with Crippen LogP contribution in [0.25, 0.3) is 6.08 Å². The third-order valence-electron chi connectivity index (χ3n) is 4.03.